The molecule has 0 saturated carbocycles. The summed E-state index contributed by atoms with van der Waals surface area (Å²) < 4.78 is 1.77. The van der Waals surface area contributed by atoms with Gasteiger partial charge in [-0.2, -0.15) is 9.61 Å². The summed E-state index contributed by atoms with van der Waals surface area (Å²) in [5.74, 6) is 0.459. The zero-order chi connectivity index (χ0) is 13.7. The Morgan fingerprint density at radius 1 is 1.30 bits per heavy atom. The topological polar surface area (TPSA) is 66.5 Å². The lowest BCUT2D eigenvalue weighted by Crippen LogP contribution is -2.44. The Morgan fingerprint density at radius 3 is 2.75 bits per heavy atom. The number of aryl methyl sites for hydroxylation is 1. The van der Waals surface area contributed by atoms with Gasteiger partial charge >= 0.3 is 0 Å². The van der Waals surface area contributed by atoms with Gasteiger partial charge < -0.3 is 10.0 Å². The second-order valence-corrected chi connectivity index (χ2v) is 6.08. The number of aliphatic hydroxyl groups excluding tert-OH is 1. The van der Waals surface area contributed by atoms with Gasteiger partial charge in [0.2, 0.25) is 5.65 Å². The third-order valence-electron chi connectivity index (χ3n) is 4.74. The fourth-order valence-corrected chi connectivity index (χ4v) is 3.96. The Bertz CT molecular complexity index is 626. The molecular weight excluding hydrogens is 254 g/mol. The van der Waals surface area contributed by atoms with Crippen molar-refractivity contribution in [1.82, 2.24) is 19.8 Å². The van der Waals surface area contributed by atoms with Crippen LogP contribution in [0.3, 0.4) is 0 Å². The summed E-state index contributed by atoms with van der Waals surface area (Å²) >= 11 is 0. The van der Waals surface area contributed by atoms with Crippen LogP contribution in [0.5, 0.6) is 0 Å². The van der Waals surface area contributed by atoms with E-state index in [1.54, 1.807) is 10.8 Å². The van der Waals surface area contributed by atoms with Crippen molar-refractivity contribution >= 4 is 11.3 Å². The van der Waals surface area contributed by atoms with E-state index < -0.39 is 0 Å². The minimum Gasteiger partial charge on any atom is -0.396 e. The fourth-order valence-electron chi connectivity index (χ4n) is 3.96. The van der Waals surface area contributed by atoms with Crippen LogP contribution >= 0.6 is 0 Å². The quantitative estimate of drug-likeness (QED) is 0.889. The van der Waals surface area contributed by atoms with Crippen molar-refractivity contribution in [3.8, 4) is 0 Å². The van der Waals surface area contributed by atoms with Crippen molar-refractivity contribution in [3.05, 3.63) is 18.1 Å². The van der Waals surface area contributed by atoms with Crippen LogP contribution in [0.2, 0.25) is 0 Å². The van der Waals surface area contributed by atoms with Gasteiger partial charge in [-0.1, -0.05) is 0 Å². The first kappa shape index (κ1) is 12.1. The summed E-state index contributed by atoms with van der Waals surface area (Å²) in [6.45, 7) is 2.32. The summed E-state index contributed by atoms with van der Waals surface area (Å²) in [5, 5.41) is 22.1. The molecule has 1 unspecified atom stereocenters. The monoisotopic (exact) mass is 273 g/mol. The summed E-state index contributed by atoms with van der Waals surface area (Å²) in [7, 11) is 0. The van der Waals surface area contributed by atoms with E-state index in [0.29, 0.717) is 24.6 Å². The molecule has 2 aliphatic heterocycles. The Labute approximate surface area is 117 Å². The van der Waals surface area contributed by atoms with Gasteiger partial charge in [0.15, 0.2) is 0 Å². The largest absolute Gasteiger partial charge is 0.396 e. The first-order valence-electron chi connectivity index (χ1n) is 7.33. The lowest BCUT2D eigenvalue weighted by atomic mass is 9.91. The fraction of sp³-hybridized carbons (Fsp3) is 0.643. The Morgan fingerprint density at radius 2 is 2.05 bits per heavy atom. The molecular formula is C14H19N5O. The lowest BCUT2D eigenvalue weighted by molar-refractivity contribution is 0.186. The summed E-state index contributed by atoms with van der Waals surface area (Å²) in [5.41, 5.74) is 2.98. The molecule has 0 aliphatic carbocycles. The highest BCUT2D eigenvalue weighted by atomic mass is 16.3. The van der Waals surface area contributed by atoms with Crippen molar-refractivity contribution in [2.75, 3.05) is 11.5 Å². The van der Waals surface area contributed by atoms with Gasteiger partial charge in [-0.15, -0.1) is 10.2 Å². The van der Waals surface area contributed by atoms with Crippen LogP contribution in [0.1, 0.15) is 31.4 Å². The maximum Gasteiger partial charge on any atom is 0.200 e. The maximum absolute atomic E-state index is 9.44. The van der Waals surface area contributed by atoms with Gasteiger partial charge in [-0.05, 0) is 44.6 Å². The van der Waals surface area contributed by atoms with Crippen molar-refractivity contribution in [3.63, 3.8) is 0 Å². The average Bonchev–Trinajstić information content (AvgIpc) is 3.00. The minimum atomic E-state index is 0.316. The number of hydrogen-bond donors (Lipinski definition) is 1. The lowest BCUT2D eigenvalue weighted by Gasteiger charge is -2.40. The molecule has 2 fully saturated rings. The van der Waals surface area contributed by atoms with Gasteiger partial charge in [0.1, 0.15) is 6.33 Å². The molecule has 4 heterocycles. The maximum atomic E-state index is 9.44. The highest BCUT2D eigenvalue weighted by Crippen LogP contribution is 2.42. The predicted octanol–water partition coefficient (Wildman–Crippen LogP) is 1.17. The van der Waals surface area contributed by atoms with Crippen LogP contribution < -0.4 is 4.90 Å². The summed E-state index contributed by atoms with van der Waals surface area (Å²) in [6, 6.07) is 3.16. The van der Waals surface area contributed by atoms with Crippen molar-refractivity contribution in [1.29, 1.82) is 0 Å². The third-order valence-corrected chi connectivity index (χ3v) is 4.74. The van der Waals surface area contributed by atoms with Gasteiger partial charge in [0, 0.05) is 18.7 Å². The molecule has 0 spiro atoms. The minimum absolute atomic E-state index is 0.316. The number of piperidine rings is 1. The van der Waals surface area contributed by atoms with Crippen LogP contribution in [-0.4, -0.2) is 43.6 Å². The number of nitrogens with zero attached hydrogens (tertiary/aromatic N) is 5. The molecule has 3 atom stereocenters. The SMILES string of the molecule is Cc1cc(N2[C@@H]3CC[C@H]2CC(CO)C3)c2nncn2n1. The second kappa shape index (κ2) is 4.41. The zero-order valence-corrected chi connectivity index (χ0v) is 11.6. The average molecular weight is 273 g/mol. The third kappa shape index (κ3) is 1.71. The summed E-state index contributed by atoms with van der Waals surface area (Å²) in [6.07, 6.45) is 6.24. The molecule has 0 amide bonds. The van der Waals surface area contributed by atoms with Crippen LogP contribution in [0.25, 0.3) is 5.65 Å². The highest BCUT2D eigenvalue weighted by molar-refractivity contribution is 5.70. The molecule has 2 saturated heterocycles. The van der Waals surface area contributed by atoms with E-state index in [1.165, 1.54) is 12.8 Å². The standard InChI is InChI=1S/C14H19N5O/c1-9-4-13(14-16-15-8-18(14)17-9)19-11-2-3-12(19)6-10(5-11)7-20/h4,8,10-12,20H,2-3,5-7H2,1H3/t10?,11-,12+. The molecule has 2 aromatic heterocycles. The summed E-state index contributed by atoms with van der Waals surface area (Å²) in [4.78, 5) is 2.50. The first-order valence-corrected chi connectivity index (χ1v) is 7.33. The molecule has 106 valence electrons. The molecule has 4 rings (SSSR count). The molecule has 0 aromatic carbocycles. The molecule has 0 radical (unpaired) electrons. The van der Waals surface area contributed by atoms with E-state index in [0.717, 1.165) is 29.9 Å². The predicted molar refractivity (Wildman–Crippen MR) is 74.6 cm³/mol. The van der Waals surface area contributed by atoms with E-state index in [-0.39, 0.29) is 0 Å². The van der Waals surface area contributed by atoms with E-state index >= 15 is 0 Å². The molecule has 2 aromatic rings. The Hall–Kier alpha value is -1.69. The number of aliphatic hydroxyl groups is 1. The van der Waals surface area contributed by atoms with Crippen LogP contribution in [0.4, 0.5) is 5.69 Å². The Balaban J connectivity index is 1.78. The van der Waals surface area contributed by atoms with Crippen LogP contribution in [-0.2, 0) is 0 Å². The van der Waals surface area contributed by atoms with Gasteiger partial charge in [0.25, 0.3) is 0 Å². The first-order chi connectivity index (χ1) is 9.76. The van der Waals surface area contributed by atoms with Crippen LogP contribution in [0.15, 0.2) is 12.4 Å². The molecule has 20 heavy (non-hydrogen) atoms. The van der Waals surface area contributed by atoms with E-state index in [2.05, 4.69) is 26.3 Å². The van der Waals surface area contributed by atoms with Crippen LogP contribution in [0, 0.1) is 12.8 Å². The normalized spacial score (nSPS) is 29.3. The van der Waals surface area contributed by atoms with Gasteiger partial charge in [-0.3, -0.25) is 0 Å². The van der Waals surface area contributed by atoms with Gasteiger partial charge in [0.05, 0.1) is 11.4 Å². The number of rotatable bonds is 2. The van der Waals surface area contributed by atoms with Gasteiger partial charge in [-0.25, -0.2) is 0 Å². The van der Waals surface area contributed by atoms with E-state index in [1.807, 2.05) is 6.92 Å². The van der Waals surface area contributed by atoms with Crippen molar-refractivity contribution in [2.24, 2.45) is 5.92 Å². The number of fused-ring (bicyclic) bond motifs is 3. The van der Waals surface area contributed by atoms with E-state index in [4.69, 9.17) is 0 Å². The number of hydrogen-bond acceptors (Lipinski definition) is 5. The van der Waals surface area contributed by atoms with E-state index in [9.17, 15) is 5.11 Å². The molecule has 6 nitrogen and oxygen atoms in total. The Kier molecular flexibility index (Phi) is 2.66. The molecule has 6 heteroatoms. The molecule has 1 N–H and O–H groups in total. The number of anilines is 1. The van der Waals surface area contributed by atoms with Crippen molar-refractivity contribution in [2.45, 2.75) is 44.7 Å². The highest BCUT2D eigenvalue weighted by Gasteiger charge is 2.41. The molecule has 2 bridgehead atoms. The zero-order valence-electron chi connectivity index (χ0n) is 11.6. The molecule has 2 aliphatic rings. The number of aromatic nitrogens is 4. The van der Waals surface area contributed by atoms with Crippen molar-refractivity contribution < 1.29 is 5.11 Å². The second-order valence-electron chi connectivity index (χ2n) is 6.08. The smallest absolute Gasteiger partial charge is 0.200 e.